The van der Waals surface area contributed by atoms with Gasteiger partial charge in [-0.25, -0.2) is 4.79 Å². The summed E-state index contributed by atoms with van der Waals surface area (Å²) < 4.78 is 2.33. The van der Waals surface area contributed by atoms with E-state index >= 15 is 0 Å². The van der Waals surface area contributed by atoms with Crippen LogP contribution in [0.5, 0.6) is 0 Å². The van der Waals surface area contributed by atoms with Gasteiger partial charge < -0.3 is 14.6 Å². The summed E-state index contributed by atoms with van der Waals surface area (Å²) >= 11 is 0. The Labute approximate surface area is 117 Å². The molecule has 1 rings (SSSR count). The standard InChI is InChI=1S/C13H21N3O4/c1-9(17)5-6-11(18)14(2)7-10-8-15(3)13(20)16(4)12(10)19/h8-9,17H,5-7H2,1-4H3. The van der Waals surface area contributed by atoms with Gasteiger partial charge in [0.05, 0.1) is 18.2 Å². The average molecular weight is 283 g/mol. The second-order valence-corrected chi connectivity index (χ2v) is 5.05. The van der Waals surface area contributed by atoms with Gasteiger partial charge in [-0.15, -0.1) is 0 Å². The summed E-state index contributed by atoms with van der Waals surface area (Å²) in [7, 11) is 4.55. The molecule has 0 aliphatic heterocycles. The van der Waals surface area contributed by atoms with E-state index in [-0.39, 0.29) is 18.9 Å². The summed E-state index contributed by atoms with van der Waals surface area (Å²) in [4.78, 5) is 36.8. The van der Waals surface area contributed by atoms with Crippen LogP contribution in [0.2, 0.25) is 0 Å². The van der Waals surface area contributed by atoms with Crippen molar-refractivity contribution in [3.8, 4) is 0 Å². The fourth-order valence-electron chi connectivity index (χ4n) is 1.86. The number of aliphatic hydroxyl groups excluding tert-OH is 1. The summed E-state index contributed by atoms with van der Waals surface area (Å²) in [5.74, 6) is -0.151. The minimum Gasteiger partial charge on any atom is -0.393 e. The Morgan fingerprint density at radius 2 is 2.00 bits per heavy atom. The summed E-state index contributed by atoms with van der Waals surface area (Å²) in [5, 5.41) is 9.16. The maximum absolute atomic E-state index is 11.9. The van der Waals surface area contributed by atoms with Gasteiger partial charge in [0, 0.05) is 33.8 Å². The number of amides is 1. The van der Waals surface area contributed by atoms with Gasteiger partial charge in [0.1, 0.15) is 0 Å². The summed E-state index contributed by atoms with van der Waals surface area (Å²) in [6.07, 6.45) is 1.52. The molecule has 112 valence electrons. The maximum atomic E-state index is 11.9. The Hall–Kier alpha value is -1.89. The van der Waals surface area contributed by atoms with Crippen LogP contribution in [-0.4, -0.2) is 38.2 Å². The van der Waals surface area contributed by atoms with Gasteiger partial charge in [0.15, 0.2) is 0 Å². The third kappa shape index (κ3) is 3.80. The van der Waals surface area contributed by atoms with E-state index in [0.717, 1.165) is 4.57 Å². The Kier molecular flexibility index (Phi) is 5.26. The first-order valence-corrected chi connectivity index (χ1v) is 6.41. The van der Waals surface area contributed by atoms with E-state index in [1.54, 1.807) is 21.0 Å². The van der Waals surface area contributed by atoms with E-state index in [1.165, 1.54) is 22.7 Å². The molecule has 1 heterocycles. The minimum atomic E-state index is -0.530. The van der Waals surface area contributed by atoms with Crippen LogP contribution in [0.3, 0.4) is 0 Å². The number of aromatic nitrogens is 2. The van der Waals surface area contributed by atoms with Crippen LogP contribution < -0.4 is 11.2 Å². The molecule has 0 radical (unpaired) electrons. The molecule has 0 aliphatic carbocycles. The van der Waals surface area contributed by atoms with E-state index in [9.17, 15) is 14.4 Å². The fraction of sp³-hybridized carbons (Fsp3) is 0.615. The van der Waals surface area contributed by atoms with Crippen molar-refractivity contribution in [1.82, 2.24) is 14.0 Å². The van der Waals surface area contributed by atoms with Crippen molar-refractivity contribution in [3.63, 3.8) is 0 Å². The van der Waals surface area contributed by atoms with Crippen LogP contribution in [-0.2, 0) is 25.4 Å². The smallest absolute Gasteiger partial charge is 0.330 e. The number of hydrogen-bond acceptors (Lipinski definition) is 4. The van der Waals surface area contributed by atoms with Gasteiger partial charge in [-0.3, -0.25) is 14.2 Å². The second kappa shape index (κ2) is 6.51. The van der Waals surface area contributed by atoms with E-state index in [1.807, 2.05) is 0 Å². The zero-order valence-corrected chi connectivity index (χ0v) is 12.3. The van der Waals surface area contributed by atoms with Crippen molar-refractivity contribution in [2.75, 3.05) is 7.05 Å². The summed E-state index contributed by atoms with van der Waals surface area (Å²) in [5.41, 5.74) is -0.424. The van der Waals surface area contributed by atoms with Crippen LogP contribution in [0.15, 0.2) is 15.8 Å². The number of rotatable bonds is 5. The predicted octanol–water partition coefficient (Wildman–Crippen LogP) is -0.797. The number of hydrogen-bond donors (Lipinski definition) is 1. The molecule has 1 amide bonds. The molecule has 7 nitrogen and oxygen atoms in total. The number of carbonyl (C=O) groups excluding carboxylic acids is 1. The van der Waals surface area contributed by atoms with Crippen molar-refractivity contribution in [2.45, 2.75) is 32.4 Å². The van der Waals surface area contributed by atoms with Gasteiger partial charge in [-0.05, 0) is 13.3 Å². The first-order chi connectivity index (χ1) is 9.23. The maximum Gasteiger partial charge on any atom is 0.330 e. The molecule has 0 spiro atoms. The SMILES string of the molecule is CC(O)CCC(=O)N(C)Cc1cn(C)c(=O)n(C)c1=O. The van der Waals surface area contributed by atoms with Crippen molar-refractivity contribution >= 4 is 5.91 Å². The normalized spacial score (nSPS) is 12.2. The van der Waals surface area contributed by atoms with E-state index < -0.39 is 17.4 Å². The molecule has 1 unspecified atom stereocenters. The Morgan fingerprint density at radius 3 is 2.55 bits per heavy atom. The lowest BCUT2D eigenvalue weighted by atomic mass is 10.2. The van der Waals surface area contributed by atoms with Crippen molar-refractivity contribution in [3.05, 3.63) is 32.6 Å². The molecular weight excluding hydrogens is 262 g/mol. The highest BCUT2D eigenvalue weighted by Gasteiger charge is 2.14. The molecule has 0 bridgehead atoms. The molecule has 0 saturated carbocycles. The fourth-order valence-corrected chi connectivity index (χ4v) is 1.86. The van der Waals surface area contributed by atoms with Gasteiger partial charge in [-0.1, -0.05) is 0 Å². The third-order valence-electron chi connectivity index (χ3n) is 3.13. The Bertz CT molecular complexity index is 601. The number of aliphatic hydroxyl groups is 1. The number of aryl methyl sites for hydroxylation is 1. The molecule has 7 heteroatoms. The Balaban J connectivity index is 2.86. The summed E-state index contributed by atoms with van der Waals surface area (Å²) in [6.45, 7) is 1.76. The van der Waals surface area contributed by atoms with Gasteiger partial charge in [-0.2, -0.15) is 0 Å². The molecule has 0 aromatic carbocycles. The molecule has 20 heavy (non-hydrogen) atoms. The quantitative estimate of drug-likeness (QED) is 0.767. The van der Waals surface area contributed by atoms with Crippen molar-refractivity contribution in [1.29, 1.82) is 0 Å². The monoisotopic (exact) mass is 283 g/mol. The highest BCUT2D eigenvalue weighted by molar-refractivity contribution is 5.75. The molecule has 1 atom stereocenters. The van der Waals surface area contributed by atoms with E-state index in [4.69, 9.17) is 5.11 Å². The molecular formula is C13H21N3O4. The van der Waals surface area contributed by atoms with Gasteiger partial charge in [0.2, 0.25) is 5.91 Å². The van der Waals surface area contributed by atoms with Crippen LogP contribution in [0, 0.1) is 0 Å². The zero-order chi connectivity index (χ0) is 15.4. The molecule has 1 N–H and O–H groups in total. The lowest BCUT2D eigenvalue weighted by molar-refractivity contribution is -0.131. The van der Waals surface area contributed by atoms with Crippen LogP contribution in [0.1, 0.15) is 25.3 Å². The van der Waals surface area contributed by atoms with Crippen LogP contribution in [0.25, 0.3) is 0 Å². The topological polar surface area (TPSA) is 84.5 Å². The van der Waals surface area contributed by atoms with Crippen molar-refractivity contribution < 1.29 is 9.90 Å². The molecule has 0 saturated heterocycles. The lowest BCUT2D eigenvalue weighted by Crippen LogP contribution is -2.40. The first-order valence-electron chi connectivity index (χ1n) is 6.41. The van der Waals surface area contributed by atoms with Crippen LogP contribution in [0.4, 0.5) is 0 Å². The first kappa shape index (κ1) is 16.2. The van der Waals surface area contributed by atoms with Crippen LogP contribution >= 0.6 is 0 Å². The number of nitrogens with zero attached hydrogens (tertiary/aromatic N) is 3. The van der Waals surface area contributed by atoms with E-state index in [0.29, 0.717) is 12.0 Å². The highest BCUT2D eigenvalue weighted by atomic mass is 16.3. The summed E-state index contributed by atoms with van der Waals surface area (Å²) in [6, 6.07) is 0. The molecule has 0 fully saturated rings. The molecule has 1 aromatic heterocycles. The molecule has 0 aliphatic rings. The second-order valence-electron chi connectivity index (χ2n) is 5.05. The van der Waals surface area contributed by atoms with Crippen molar-refractivity contribution in [2.24, 2.45) is 14.1 Å². The Morgan fingerprint density at radius 1 is 1.40 bits per heavy atom. The largest absolute Gasteiger partial charge is 0.393 e. The third-order valence-corrected chi connectivity index (χ3v) is 3.13. The number of carbonyl (C=O) groups is 1. The van der Waals surface area contributed by atoms with Gasteiger partial charge >= 0.3 is 5.69 Å². The zero-order valence-electron chi connectivity index (χ0n) is 12.3. The lowest BCUT2D eigenvalue weighted by Gasteiger charge is -2.18. The van der Waals surface area contributed by atoms with Gasteiger partial charge in [0.25, 0.3) is 5.56 Å². The predicted molar refractivity (Wildman–Crippen MR) is 74.3 cm³/mol. The van der Waals surface area contributed by atoms with E-state index in [2.05, 4.69) is 0 Å². The minimum absolute atomic E-state index is 0.138. The highest BCUT2D eigenvalue weighted by Crippen LogP contribution is 2.03. The molecule has 1 aromatic rings. The average Bonchev–Trinajstić information content (AvgIpc) is 2.39.